The van der Waals surface area contributed by atoms with Crippen LogP contribution in [0.25, 0.3) is 0 Å². The summed E-state index contributed by atoms with van der Waals surface area (Å²) in [5, 5.41) is 3.33. The number of nitrogens with zero attached hydrogens (tertiary/aromatic N) is 1. The number of aromatic nitrogens is 1. The van der Waals surface area contributed by atoms with E-state index in [4.69, 9.17) is 10.2 Å². The zero-order valence-electron chi connectivity index (χ0n) is 10.3. The summed E-state index contributed by atoms with van der Waals surface area (Å²) in [5.41, 5.74) is 8.65. The van der Waals surface area contributed by atoms with Crippen LogP contribution in [-0.4, -0.2) is 4.98 Å². The van der Waals surface area contributed by atoms with Crippen LogP contribution in [0, 0.1) is 13.8 Å². The predicted molar refractivity (Wildman–Crippen MR) is 68.9 cm³/mol. The Morgan fingerprint density at radius 2 is 2.12 bits per heavy atom. The monoisotopic (exact) mass is 231 g/mol. The van der Waals surface area contributed by atoms with Crippen molar-refractivity contribution < 1.29 is 4.42 Å². The summed E-state index contributed by atoms with van der Waals surface area (Å²) in [5.74, 6) is 1.51. The Labute approximate surface area is 101 Å². The first-order chi connectivity index (χ1) is 8.06. The Balaban J connectivity index is 2.12. The van der Waals surface area contributed by atoms with Crippen molar-refractivity contribution in [3.63, 3.8) is 0 Å². The summed E-state index contributed by atoms with van der Waals surface area (Å²) in [6.45, 7) is 5.88. The van der Waals surface area contributed by atoms with Crippen molar-refractivity contribution in [3.05, 3.63) is 41.6 Å². The molecular formula is C13H17N3O. The molecule has 2 rings (SSSR count). The average molecular weight is 231 g/mol. The maximum Gasteiger partial charge on any atom is 0.216 e. The van der Waals surface area contributed by atoms with Gasteiger partial charge in [-0.15, -0.1) is 0 Å². The van der Waals surface area contributed by atoms with Gasteiger partial charge in [-0.05, 0) is 44.5 Å². The van der Waals surface area contributed by atoms with Gasteiger partial charge >= 0.3 is 0 Å². The van der Waals surface area contributed by atoms with Crippen LogP contribution in [0.5, 0.6) is 0 Å². The van der Waals surface area contributed by atoms with Crippen molar-refractivity contribution in [3.8, 4) is 0 Å². The van der Waals surface area contributed by atoms with Gasteiger partial charge < -0.3 is 15.5 Å². The molecule has 0 saturated carbocycles. The van der Waals surface area contributed by atoms with Gasteiger partial charge in [0.15, 0.2) is 0 Å². The summed E-state index contributed by atoms with van der Waals surface area (Å²) in [7, 11) is 0. The molecule has 0 saturated heterocycles. The second kappa shape index (κ2) is 4.49. The van der Waals surface area contributed by atoms with Crippen LogP contribution >= 0.6 is 0 Å². The molecule has 1 aromatic heterocycles. The van der Waals surface area contributed by atoms with Crippen LogP contribution in [0.15, 0.2) is 28.8 Å². The first-order valence-electron chi connectivity index (χ1n) is 5.61. The number of nitrogens with one attached hydrogen (secondary N) is 1. The Hall–Kier alpha value is -1.97. The van der Waals surface area contributed by atoms with Gasteiger partial charge in [0.1, 0.15) is 11.8 Å². The van der Waals surface area contributed by atoms with Crippen molar-refractivity contribution in [2.24, 2.45) is 0 Å². The molecule has 1 atom stereocenters. The Bertz CT molecular complexity index is 519. The molecule has 17 heavy (non-hydrogen) atoms. The molecule has 90 valence electrons. The highest BCUT2D eigenvalue weighted by molar-refractivity contribution is 5.57. The molecule has 0 radical (unpaired) electrons. The fourth-order valence-corrected chi connectivity index (χ4v) is 1.65. The van der Waals surface area contributed by atoms with Gasteiger partial charge in [0, 0.05) is 11.4 Å². The number of benzene rings is 1. The molecule has 0 fully saturated rings. The smallest absolute Gasteiger partial charge is 0.216 e. The Kier molecular flexibility index (Phi) is 3.04. The average Bonchev–Trinajstić information content (AvgIpc) is 2.70. The first-order valence-corrected chi connectivity index (χ1v) is 5.61. The lowest BCUT2D eigenvalue weighted by atomic mass is 10.1. The summed E-state index contributed by atoms with van der Waals surface area (Å²) in [6.07, 6.45) is 1.72. The molecule has 0 bridgehead atoms. The van der Waals surface area contributed by atoms with Crippen molar-refractivity contribution in [2.45, 2.75) is 26.8 Å². The zero-order valence-corrected chi connectivity index (χ0v) is 10.3. The van der Waals surface area contributed by atoms with E-state index in [0.29, 0.717) is 5.89 Å². The van der Waals surface area contributed by atoms with Crippen LogP contribution in [0.3, 0.4) is 0 Å². The molecule has 0 spiro atoms. The van der Waals surface area contributed by atoms with Gasteiger partial charge in [0.2, 0.25) is 5.89 Å². The standard InChI is InChI=1S/C13H17N3O/c1-8-6-11(4-5-12(8)14)16-10(3)13-15-7-9(2)17-13/h4-7,10,16H,14H2,1-3H3. The molecule has 0 aliphatic carbocycles. The minimum Gasteiger partial charge on any atom is -0.444 e. The predicted octanol–water partition coefficient (Wildman–Crippen LogP) is 3.05. The molecule has 1 unspecified atom stereocenters. The fourth-order valence-electron chi connectivity index (χ4n) is 1.65. The van der Waals surface area contributed by atoms with E-state index in [9.17, 15) is 0 Å². The highest BCUT2D eigenvalue weighted by Crippen LogP contribution is 2.22. The number of nitrogen functional groups attached to an aromatic ring is 1. The molecule has 1 heterocycles. The van der Waals surface area contributed by atoms with Gasteiger partial charge in [0.05, 0.1) is 6.20 Å². The molecule has 4 nitrogen and oxygen atoms in total. The lowest BCUT2D eigenvalue weighted by Gasteiger charge is -2.13. The highest BCUT2D eigenvalue weighted by Gasteiger charge is 2.11. The zero-order chi connectivity index (χ0) is 12.4. The molecule has 0 amide bonds. The number of hydrogen-bond acceptors (Lipinski definition) is 4. The SMILES string of the molecule is Cc1cnc(C(C)Nc2ccc(N)c(C)c2)o1. The number of aryl methyl sites for hydroxylation is 2. The van der Waals surface area contributed by atoms with E-state index in [2.05, 4.69) is 10.3 Å². The second-order valence-corrected chi connectivity index (χ2v) is 4.25. The topological polar surface area (TPSA) is 64.1 Å². The number of hydrogen-bond donors (Lipinski definition) is 2. The summed E-state index contributed by atoms with van der Waals surface area (Å²) < 4.78 is 5.47. The second-order valence-electron chi connectivity index (χ2n) is 4.25. The third kappa shape index (κ3) is 2.58. The first kappa shape index (κ1) is 11.5. The minimum absolute atomic E-state index is 0.0340. The van der Waals surface area contributed by atoms with E-state index in [0.717, 1.165) is 22.7 Å². The third-order valence-electron chi connectivity index (χ3n) is 2.66. The van der Waals surface area contributed by atoms with E-state index in [-0.39, 0.29) is 6.04 Å². The van der Waals surface area contributed by atoms with E-state index >= 15 is 0 Å². The fraction of sp³-hybridized carbons (Fsp3) is 0.308. The van der Waals surface area contributed by atoms with Gasteiger partial charge in [-0.3, -0.25) is 0 Å². The van der Waals surface area contributed by atoms with E-state index in [1.165, 1.54) is 0 Å². The molecule has 0 aliphatic heterocycles. The van der Waals surface area contributed by atoms with Crippen LogP contribution in [-0.2, 0) is 0 Å². The lowest BCUT2D eigenvalue weighted by molar-refractivity contribution is 0.454. The molecule has 4 heteroatoms. The number of anilines is 2. The highest BCUT2D eigenvalue weighted by atomic mass is 16.4. The summed E-state index contributed by atoms with van der Waals surface area (Å²) in [4.78, 5) is 4.20. The maximum absolute atomic E-state index is 5.78. The molecule has 1 aromatic carbocycles. The molecule has 3 N–H and O–H groups in total. The van der Waals surface area contributed by atoms with E-state index in [1.54, 1.807) is 6.20 Å². The quantitative estimate of drug-likeness (QED) is 0.797. The van der Waals surface area contributed by atoms with Crippen molar-refractivity contribution in [2.75, 3.05) is 11.1 Å². The van der Waals surface area contributed by atoms with Crippen LogP contribution in [0.4, 0.5) is 11.4 Å². The van der Waals surface area contributed by atoms with Crippen molar-refractivity contribution >= 4 is 11.4 Å². The van der Waals surface area contributed by atoms with E-state index < -0.39 is 0 Å². The molecular weight excluding hydrogens is 214 g/mol. The molecule has 0 aliphatic rings. The number of nitrogens with two attached hydrogens (primary N) is 1. The maximum atomic E-state index is 5.78. The Morgan fingerprint density at radius 1 is 1.35 bits per heavy atom. The summed E-state index contributed by atoms with van der Waals surface area (Å²) >= 11 is 0. The van der Waals surface area contributed by atoms with Gasteiger partial charge in [-0.1, -0.05) is 0 Å². The largest absolute Gasteiger partial charge is 0.444 e. The van der Waals surface area contributed by atoms with Crippen LogP contribution in [0.2, 0.25) is 0 Å². The number of oxazole rings is 1. The number of rotatable bonds is 3. The summed E-state index contributed by atoms with van der Waals surface area (Å²) in [6, 6.07) is 5.90. The van der Waals surface area contributed by atoms with Crippen LogP contribution < -0.4 is 11.1 Å². The van der Waals surface area contributed by atoms with Crippen molar-refractivity contribution in [1.82, 2.24) is 4.98 Å². The van der Waals surface area contributed by atoms with Crippen molar-refractivity contribution in [1.29, 1.82) is 0 Å². The Morgan fingerprint density at radius 3 is 2.71 bits per heavy atom. The lowest BCUT2D eigenvalue weighted by Crippen LogP contribution is -2.07. The normalized spacial score (nSPS) is 12.4. The van der Waals surface area contributed by atoms with Crippen LogP contribution in [0.1, 0.15) is 30.2 Å². The molecule has 2 aromatic rings. The van der Waals surface area contributed by atoms with Gasteiger partial charge in [0.25, 0.3) is 0 Å². The third-order valence-corrected chi connectivity index (χ3v) is 2.66. The van der Waals surface area contributed by atoms with Gasteiger partial charge in [-0.2, -0.15) is 0 Å². The van der Waals surface area contributed by atoms with Gasteiger partial charge in [-0.25, -0.2) is 4.98 Å². The van der Waals surface area contributed by atoms with E-state index in [1.807, 2.05) is 39.0 Å². The minimum atomic E-state index is 0.0340.